The van der Waals surface area contributed by atoms with E-state index < -0.39 is 0 Å². The number of halogens is 2. The highest BCUT2D eigenvalue weighted by Gasteiger charge is 2.33. The van der Waals surface area contributed by atoms with Crippen LogP contribution in [0.5, 0.6) is 5.75 Å². The predicted molar refractivity (Wildman–Crippen MR) is 125 cm³/mol. The van der Waals surface area contributed by atoms with Crippen LogP contribution in [-0.2, 0) is 9.53 Å². The number of thioether (sulfide) groups is 1. The van der Waals surface area contributed by atoms with Crippen molar-refractivity contribution in [2.24, 2.45) is 4.99 Å². The van der Waals surface area contributed by atoms with Gasteiger partial charge in [-0.25, -0.2) is 4.99 Å². The number of aliphatic imine (C=N–C) groups is 1. The normalized spacial score (nSPS) is 16.5. The smallest absolute Gasteiger partial charge is 0.266 e. The number of para-hydroxylation sites is 1. The van der Waals surface area contributed by atoms with Crippen molar-refractivity contribution in [1.29, 1.82) is 0 Å². The van der Waals surface area contributed by atoms with Gasteiger partial charge in [0.15, 0.2) is 10.9 Å². The lowest BCUT2D eigenvalue weighted by molar-refractivity contribution is -0.122. The van der Waals surface area contributed by atoms with Crippen LogP contribution in [0.1, 0.15) is 5.56 Å². The van der Waals surface area contributed by atoms with E-state index in [1.165, 1.54) is 11.8 Å². The monoisotopic (exact) mass is 462 g/mol. The molecule has 0 saturated carbocycles. The third-order valence-corrected chi connectivity index (χ3v) is 5.62. The molecule has 2 aromatic rings. The third kappa shape index (κ3) is 5.46. The molecule has 30 heavy (non-hydrogen) atoms. The number of carbonyl (C=O) groups is 1. The van der Waals surface area contributed by atoms with Crippen LogP contribution >= 0.6 is 35.0 Å². The SMILES string of the molecule is C=CCOc1c(Cl)cc(/C=C2\SC(=Nc3ccccc3)N(CCOC)C2=O)cc1Cl. The molecule has 0 radical (unpaired) electrons. The van der Waals surface area contributed by atoms with Crippen molar-refractivity contribution in [3.8, 4) is 5.75 Å². The molecule has 156 valence electrons. The third-order valence-electron chi connectivity index (χ3n) is 4.05. The number of nitrogens with zero attached hydrogens (tertiary/aromatic N) is 2. The van der Waals surface area contributed by atoms with Crippen molar-refractivity contribution in [3.05, 3.63) is 75.6 Å². The van der Waals surface area contributed by atoms with Crippen LogP contribution in [-0.4, -0.2) is 42.8 Å². The number of carbonyl (C=O) groups excluding carboxylic acids is 1. The van der Waals surface area contributed by atoms with E-state index >= 15 is 0 Å². The summed E-state index contributed by atoms with van der Waals surface area (Å²) in [6.45, 7) is 4.71. The molecule has 0 aliphatic carbocycles. The van der Waals surface area contributed by atoms with Gasteiger partial charge < -0.3 is 9.47 Å². The molecule has 3 rings (SSSR count). The lowest BCUT2D eigenvalue weighted by atomic mass is 10.2. The maximum atomic E-state index is 13.0. The number of rotatable bonds is 8. The molecule has 0 atom stereocenters. The minimum absolute atomic E-state index is 0.147. The van der Waals surface area contributed by atoms with Gasteiger partial charge in [0, 0.05) is 7.11 Å². The Morgan fingerprint density at radius 3 is 2.53 bits per heavy atom. The second kappa shape index (κ2) is 10.7. The lowest BCUT2D eigenvalue weighted by Gasteiger charge is -2.14. The van der Waals surface area contributed by atoms with Gasteiger partial charge in [0.2, 0.25) is 0 Å². The van der Waals surface area contributed by atoms with E-state index in [9.17, 15) is 4.79 Å². The molecule has 2 aromatic carbocycles. The predicted octanol–water partition coefficient (Wildman–Crippen LogP) is 5.81. The average molecular weight is 463 g/mol. The highest BCUT2D eigenvalue weighted by molar-refractivity contribution is 8.18. The quantitative estimate of drug-likeness (QED) is 0.366. The van der Waals surface area contributed by atoms with E-state index in [-0.39, 0.29) is 5.91 Å². The van der Waals surface area contributed by atoms with E-state index in [4.69, 9.17) is 32.7 Å². The fourth-order valence-corrected chi connectivity index (χ4v) is 4.32. The summed E-state index contributed by atoms with van der Waals surface area (Å²) in [7, 11) is 1.60. The molecule has 0 aromatic heterocycles. The van der Waals surface area contributed by atoms with Gasteiger partial charge in [-0.1, -0.05) is 54.1 Å². The zero-order chi connectivity index (χ0) is 21.5. The Balaban J connectivity index is 1.92. The van der Waals surface area contributed by atoms with Crippen molar-refractivity contribution in [1.82, 2.24) is 4.90 Å². The minimum atomic E-state index is -0.147. The Morgan fingerprint density at radius 1 is 1.20 bits per heavy atom. The Bertz CT molecular complexity index is 970. The maximum absolute atomic E-state index is 13.0. The molecule has 1 aliphatic rings. The molecular weight excluding hydrogens is 443 g/mol. The molecule has 1 fully saturated rings. The molecule has 5 nitrogen and oxygen atoms in total. The number of ether oxygens (including phenoxy) is 2. The summed E-state index contributed by atoms with van der Waals surface area (Å²) in [6, 6.07) is 12.9. The molecule has 1 heterocycles. The van der Waals surface area contributed by atoms with Crippen LogP contribution in [0.25, 0.3) is 6.08 Å². The standard InChI is InChI=1S/C22H20Cl2N2O3S/c1-3-10-29-20-17(23)12-15(13-18(20)24)14-19-21(27)26(9-11-28-2)22(30-19)25-16-7-5-4-6-8-16/h3-8,12-14H,1,9-11H2,2H3/b19-14-,25-22?. The van der Waals surface area contributed by atoms with Crippen LogP contribution in [0, 0.1) is 0 Å². The number of amides is 1. The molecule has 0 unspecified atom stereocenters. The second-order valence-electron chi connectivity index (χ2n) is 6.20. The number of amidine groups is 1. The molecule has 1 aliphatic heterocycles. The number of hydrogen-bond acceptors (Lipinski definition) is 5. The van der Waals surface area contributed by atoms with Crippen LogP contribution in [0.2, 0.25) is 10.0 Å². The molecule has 1 amide bonds. The number of methoxy groups -OCH3 is 1. The Hall–Kier alpha value is -2.25. The maximum Gasteiger partial charge on any atom is 0.266 e. The minimum Gasteiger partial charge on any atom is -0.486 e. The van der Waals surface area contributed by atoms with Gasteiger partial charge in [0.05, 0.1) is 33.8 Å². The Labute approximate surface area is 190 Å². The summed E-state index contributed by atoms with van der Waals surface area (Å²) < 4.78 is 10.6. The molecule has 0 spiro atoms. The van der Waals surface area contributed by atoms with E-state index in [0.29, 0.717) is 51.2 Å². The summed E-state index contributed by atoms with van der Waals surface area (Å²) >= 11 is 13.9. The zero-order valence-corrected chi connectivity index (χ0v) is 18.6. The summed E-state index contributed by atoms with van der Waals surface area (Å²) in [5.74, 6) is 0.241. The number of hydrogen-bond donors (Lipinski definition) is 0. The molecule has 8 heteroatoms. The molecule has 1 saturated heterocycles. The van der Waals surface area contributed by atoms with Gasteiger partial charge in [-0.15, -0.1) is 0 Å². The van der Waals surface area contributed by atoms with Crippen LogP contribution in [0.3, 0.4) is 0 Å². The fourth-order valence-electron chi connectivity index (χ4n) is 2.68. The van der Waals surface area contributed by atoms with E-state index in [1.54, 1.807) is 36.3 Å². The van der Waals surface area contributed by atoms with Crippen LogP contribution < -0.4 is 4.74 Å². The largest absolute Gasteiger partial charge is 0.486 e. The van der Waals surface area contributed by atoms with Gasteiger partial charge in [-0.3, -0.25) is 9.69 Å². The Kier molecular flexibility index (Phi) is 7.99. The van der Waals surface area contributed by atoms with Gasteiger partial charge in [0.1, 0.15) is 6.61 Å². The highest BCUT2D eigenvalue weighted by Crippen LogP contribution is 2.38. The topological polar surface area (TPSA) is 51.1 Å². The molecular formula is C22H20Cl2N2O3S. The first kappa shape index (κ1) is 22.4. The van der Waals surface area contributed by atoms with Gasteiger partial charge in [-0.2, -0.15) is 0 Å². The highest BCUT2D eigenvalue weighted by atomic mass is 35.5. The van der Waals surface area contributed by atoms with E-state index in [1.807, 2.05) is 30.3 Å². The molecule has 0 bridgehead atoms. The van der Waals surface area contributed by atoms with Crippen molar-refractivity contribution in [2.75, 3.05) is 26.9 Å². The first-order chi connectivity index (χ1) is 14.5. The summed E-state index contributed by atoms with van der Waals surface area (Å²) in [4.78, 5) is 19.7. The van der Waals surface area contributed by atoms with Crippen LogP contribution in [0.15, 0.2) is 65.0 Å². The fraction of sp³-hybridized carbons (Fsp3) is 0.182. The number of benzene rings is 2. The average Bonchev–Trinajstić information content (AvgIpc) is 3.01. The second-order valence-corrected chi connectivity index (χ2v) is 8.03. The van der Waals surface area contributed by atoms with Crippen molar-refractivity contribution < 1.29 is 14.3 Å². The summed E-state index contributed by atoms with van der Waals surface area (Å²) in [5, 5.41) is 1.32. The van der Waals surface area contributed by atoms with Gasteiger partial charge >= 0.3 is 0 Å². The van der Waals surface area contributed by atoms with Gasteiger partial charge in [-0.05, 0) is 47.7 Å². The molecule has 0 N–H and O–H groups in total. The van der Waals surface area contributed by atoms with E-state index in [2.05, 4.69) is 11.6 Å². The van der Waals surface area contributed by atoms with Crippen molar-refractivity contribution in [2.45, 2.75) is 0 Å². The van der Waals surface area contributed by atoms with E-state index in [0.717, 1.165) is 5.69 Å². The van der Waals surface area contributed by atoms with Gasteiger partial charge in [0.25, 0.3) is 5.91 Å². The zero-order valence-electron chi connectivity index (χ0n) is 16.3. The van der Waals surface area contributed by atoms with Crippen LogP contribution in [0.4, 0.5) is 5.69 Å². The van der Waals surface area contributed by atoms with Crippen molar-refractivity contribution in [3.63, 3.8) is 0 Å². The summed E-state index contributed by atoms with van der Waals surface area (Å²) in [5.41, 5.74) is 1.46. The summed E-state index contributed by atoms with van der Waals surface area (Å²) in [6.07, 6.45) is 3.36. The van der Waals surface area contributed by atoms with Crippen molar-refractivity contribution >= 4 is 57.8 Å². The first-order valence-electron chi connectivity index (χ1n) is 9.10. The lowest BCUT2D eigenvalue weighted by Crippen LogP contribution is -2.32. The first-order valence-corrected chi connectivity index (χ1v) is 10.7. The Morgan fingerprint density at radius 2 is 1.90 bits per heavy atom.